The number of rotatable bonds is 2. The van der Waals surface area contributed by atoms with E-state index in [9.17, 15) is 5.11 Å². The molecule has 2 aliphatic heterocycles. The molecular weight excluding hydrogens is 220 g/mol. The van der Waals surface area contributed by atoms with Crippen LogP contribution in [0.5, 0.6) is 0 Å². The quantitative estimate of drug-likeness (QED) is 0.851. The van der Waals surface area contributed by atoms with Gasteiger partial charge < -0.3 is 9.67 Å². The van der Waals surface area contributed by atoms with E-state index >= 15 is 0 Å². The Hall–Kier alpha value is -0.480. The van der Waals surface area contributed by atoms with Crippen LogP contribution in [0.25, 0.3) is 0 Å². The Morgan fingerprint density at radius 2 is 2.44 bits per heavy atom. The molecule has 0 radical (unpaired) electrons. The molecule has 4 heteroatoms. The first kappa shape index (κ1) is 10.7. The Bertz CT molecular complexity index is 371. The summed E-state index contributed by atoms with van der Waals surface area (Å²) in [6.45, 7) is 0.752. The average Bonchev–Trinajstić information content (AvgIpc) is 2.90. The minimum absolute atomic E-state index is 0.170. The van der Waals surface area contributed by atoms with Gasteiger partial charge in [0.2, 0.25) is 0 Å². The summed E-state index contributed by atoms with van der Waals surface area (Å²) in [6.07, 6.45) is 7.46. The molecule has 3 rings (SSSR count). The van der Waals surface area contributed by atoms with Crippen molar-refractivity contribution in [2.24, 2.45) is 0 Å². The van der Waals surface area contributed by atoms with Crippen LogP contribution in [0.2, 0.25) is 0 Å². The Morgan fingerprint density at radius 1 is 1.50 bits per heavy atom. The van der Waals surface area contributed by atoms with Crippen molar-refractivity contribution >= 4 is 11.8 Å². The van der Waals surface area contributed by atoms with E-state index < -0.39 is 0 Å². The van der Waals surface area contributed by atoms with Gasteiger partial charge >= 0.3 is 0 Å². The van der Waals surface area contributed by atoms with Gasteiger partial charge in [-0.15, -0.1) is 0 Å². The summed E-state index contributed by atoms with van der Waals surface area (Å²) in [6, 6.07) is 0. The van der Waals surface area contributed by atoms with Crippen molar-refractivity contribution in [3.8, 4) is 0 Å². The number of fused-ring (bicyclic) bond motifs is 1. The number of nitrogens with zero attached hydrogens (tertiary/aromatic N) is 2. The van der Waals surface area contributed by atoms with Gasteiger partial charge in [0.1, 0.15) is 5.82 Å². The van der Waals surface area contributed by atoms with E-state index in [1.54, 1.807) is 0 Å². The normalized spacial score (nSPS) is 29.3. The zero-order chi connectivity index (χ0) is 11.0. The third kappa shape index (κ3) is 2.00. The Balaban J connectivity index is 1.77. The lowest BCUT2D eigenvalue weighted by atomic mass is 10.1. The van der Waals surface area contributed by atoms with Crippen molar-refractivity contribution in [2.45, 2.75) is 50.0 Å². The number of aromatic nitrogens is 2. The summed E-state index contributed by atoms with van der Waals surface area (Å²) in [5.74, 6) is 2.49. The standard InChI is InChI=1S/C12H18N2OS/c15-10-4-3-9-7-13-12(14(9)8-10)6-11-2-1-5-16-11/h7,10-11,15H,1-6,8H2. The molecule has 2 aliphatic rings. The van der Waals surface area contributed by atoms with Gasteiger partial charge in [-0.3, -0.25) is 0 Å². The highest BCUT2D eigenvalue weighted by Crippen LogP contribution is 2.29. The predicted molar refractivity (Wildman–Crippen MR) is 65.7 cm³/mol. The third-order valence-corrected chi connectivity index (χ3v) is 4.98. The summed E-state index contributed by atoms with van der Waals surface area (Å²) in [5.41, 5.74) is 1.31. The summed E-state index contributed by atoms with van der Waals surface area (Å²) in [7, 11) is 0. The fraction of sp³-hybridized carbons (Fsp3) is 0.750. The number of aliphatic hydroxyl groups is 1. The monoisotopic (exact) mass is 238 g/mol. The van der Waals surface area contributed by atoms with Gasteiger partial charge in [-0.05, 0) is 31.4 Å². The minimum atomic E-state index is -0.170. The molecule has 1 N–H and O–H groups in total. The molecule has 0 spiro atoms. The number of aliphatic hydroxyl groups excluding tert-OH is 1. The van der Waals surface area contributed by atoms with Crippen molar-refractivity contribution in [3.05, 3.63) is 17.7 Å². The summed E-state index contributed by atoms with van der Waals surface area (Å²) in [5, 5.41) is 10.5. The van der Waals surface area contributed by atoms with E-state index in [1.807, 2.05) is 6.20 Å². The van der Waals surface area contributed by atoms with Gasteiger partial charge in [0.25, 0.3) is 0 Å². The molecule has 88 valence electrons. The van der Waals surface area contributed by atoms with Crippen LogP contribution in [0, 0.1) is 0 Å². The molecule has 3 heterocycles. The van der Waals surface area contributed by atoms with Crippen molar-refractivity contribution in [2.75, 3.05) is 5.75 Å². The molecule has 16 heavy (non-hydrogen) atoms. The molecular formula is C12H18N2OS. The fourth-order valence-electron chi connectivity index (χ4n) is 2.66. The highest BCUT2D eigenvalue weighted by Gasteiger charge is 2.23. The second-order valence-corrected chi connectivity index (χ2v) is 6.22. The lowest BCUT2D eigenvalue weighted by molar-refractivity contribution is 0.130. The molecule has 2 atom stereocenters. The predicted octanol–water partition coefficient (Wildman–Crippen LogP) is 1.63. The molecule has 0 saturated carbocycles. The van der Waals surface area contributed by atoms with Gasteiger partial charge in [0.05, 0.1) is 12.6 Å². The van der Waals surface area contributed by atoms with E-state index in [4.69, 9.17) is 0 Å². The lowest BCUT2D eigenvalue weighted by Crippen LogP contribution is -2.26. The average molecular weight is 238 g/mol. The van der Waals surface area contributed by atoms with Crippen LogP contribution >= 0.6 is 11.8 Å². The van der Waals surface area contributed by atoms with Gasteiger partial charge in [-0.2, -0.15) is 11.8 Å². The maximum absolute atomic E-state index is 9.71. The first-order chi connectivity index (χ1) is 7.83. The van der Waals surface area contributed by atoms with Gasteiger partial charge in [0, 0.05) is 23.6 Å². The van der Waals surface area contributed by atoms with Crippen LogP contribution < -0.4 is 0 Å². The van der Waals surface area contributed by atoms with E-state index in [1.165, 1.54) is 30.1 Å². The molecule has 2 unspecified atom stereocenters. The van der Waals surface area contributed by atoms with Crippen LogP contribution in [0.15, 0.2) is 6.20 Å². The largest absolute Gasteiger partial charge is 0.391 e. The van der Waals surface area contributed by atoms with Crippen LogP contribution in [-0.2, 0) is 19.4 Å². The van der Waals surface area contributed by atoms with Crippen molar-refractivity contribution in [1.29, 1.82) is 0 Å². The molecule has 1 aromatic rings. The fourth-order valence-corrected chi connectivity index (χ4v) is 3.93. The maximum Gasteiger partial charge on any atom is 0.110 e. The highest BCUT2D eigenvalue weighted by atomic mass is 32.2. The Kier molecular flexibility index (Phi) is 2.94. The number of thioether (sulfide) groups is 1. The molecule has 0 amide bonds. The van der Waals surface area contributed by atoms with Crippen LogP contribution in [-0.4, -0.2) is 31.8 Å². The third-order valence-electron chi connectivity index (χ3n) is 3.58. The smallest absolute Gasteiger partial charge is 0.110 e. The van der Waals surface area contributed by atoms with Crippen molar-refractivity contribution < 1.29 is 5.11 Å². The van der Waals surface area contributed by atoms with Gasteiger partial charge in [-0.1, -0.05) is 0 Å². The van der Waals surface area contributed by atoms with Crippen molar-refractivity contribution in [1.82, 2.24) is 9.55 Å². The Morgan fingerprint density at radius 3 is 3.25 bits per heavy atom. The minimum Gasteiger partial charge on any atom is -0.391 e. The number of imidazole rings is 1. The summed E-state index contributed by atoms with van der Waals surface area (Å²) < 4.78 is 2.24. The van der Waals surface area contributed by atoms with Crippen LogP contribution in [0.3, 0.4) is 0 Å². The molecule has 1 aromatic heterocycles. The number of aryl methyl sites for hydroxylation is 1. The topological polar surface area (TPSA) is 38.1 Å². The van der Waals surface area contributed by atoms with Crippen LogP contribution in [0.4, 0.5) is 0 Å². The molecule has 0 bridgehead atoms. The second kappa shape index (κ2) is 4.41. The first-order valence-corrected chi connectivity index (χ1v) is 7.21. The highest BCUT2D eigenvalue weighted by molar-refractivity contribution is 8.00. The second-order valence-electron chi connectivity index (χ2n) is 4.81. The first-order valence-electron chi connectivity index (χ1n) is 6.16. The van der Waals surface area contributed by atoms with E-state index in [0.29, 0.717) is 0 Å². The van der Waals surface area contributed by atoms with E-state index in [-0.39, 0.29) is 6.10 Å². The molecule has 0 aromatic carbocycles. The number of hydrogen-bond donors (Lipinski definition) is 1. The van der Waals surface area contributed by atoms with Crippen LogP contribution in [0.1, 0.15) is 30.8 Å². The van der Waals surface area contributed by atoms with Crippen molar-refractivity contribution in [3.63, 3.8) is 0 Å². The SMILES string of the molecule is OC1CCc2cnc(CC3CCCS3)n2C1. The Labute approximate surface area is 100 Å². The molecule has 1 saturated heterocycles. The van der Waals surface area contributed by atoms with Gasteiger partial charge in [-0.25, -0.2) is 4.98 Å². The van der Waals surface area contributed by atoms with E-state index in [2.05, 4.69) is 21.3 Å². The summed E-state index contributed by atoms with van der Waals surface area (Å²) >= 11 is 2.08. The van der Waals surface area contributed by atoms with E-state index in [0.717, 1.165) is 31.1 Å². The number of hydrogen-bond acceptors (Lipinski definition) is 3. The summed E-state index contributed by atoms with van der Waals surface area (Å²) in [4.78, 5) is 4.53. The molecule has 3 nitrogen and oxygen atoms in total. The zero-order valence-electron chi connectivity index (χ0n) is 9.43. The zero-order valence-corrected chi connectivity index (χ0v) is 10.2. The van der Waals surface area contributed by atoms with Gasteiger partial charge in [0.15, 0.2) is 0 Å². The molecule has 1 fully saturated rings. The maximum atomic E-state index is 9.71. The molecule has 0 aliphatic carbocycles. The lowest BCUT2D eigenvalue weighted by Gasteiger charge is -2.22.